The van der Waals surface area contributed by atoms with Gasteiger partial charge in [0.2, 0.25) is 0 Å². The van der Waals surface area contributed by atoms with Crippen LogP contribution in [0.3, 0.4) is 0 Å². The number of nitrogens with zero attached hydrogens (tertiary/aromatic N) is 2. The Morgan fingerprint density at radius 2 is 1.87 bits per heavy atom. The lowest BCUT2D eigenvalue weighted by atomic mass is 9.94. The Morgan fingerprint density at radius 1 is 1.20 bits per heavy atom. The molecule has 1 aliphatic heterocycles. The van der Waals surface area contributed by atoms with E-state index in [2.05, 4.69) is 9.84 Å². The molecule has 0 amide bonds. The lowest BCUT2D eigenvalue weighted by molar-refractivity contribution is -0.141. The number of rotatable bonds is 5. The van der Waals surface area contributed by atoms with Crippen molar-refractivity contribution < 1.29 is 22.7 Å². The van der Waals surface area contributed by atoms with Crippen LogP contribution in [-0.2, 0) is 16.0 Å². The molecule has 0 radical (unpaired) electrons. The molecular weight excluding hydrogens is 417 g/mol. The zero-order chi connectivity index (χ0) is 22.1. The number of benzene rings is 2. The van der Waals surface area contributed by atoms with Gasteiger partial charge in [-0.2, -0.15) is 18.3 Å². The van der Waals surface area contributed by atoms with Crippen molar-refractivity contribution in [1.29, 1.82) is 0 Å². The highest BCUT2D eigenvalue weighted by Gasteiger charge is 2.48. The minimum atomic E-state index is -4.56. The van der Waals surface area contributed by atoms with E-state index < -0.39 is 29.8 Å². The highest BCUT2D eigenvalue weighted by atomic mass is 35.5. The van der Waals surface area contributed by atoms with E-state index in [9.17, 15) is 18.0 Å². The first-order valence-corrected chi connectivity index (χ1v) is 9.83. The fourth-order valence-electron chi connectivity index (χ4n) is 3.60. The van der Waals surface area contributed by atoms with Gasteiger partial charge in [0.1, 0.15) is 5.71 Å². The van der Waals surface area contributed by atoms with Gasteiger partial charge in [0, 0.05) is 10.9 Å². The van der Waals surface area contributed by atoms with E-state index in [0.29, 0.717) is 17.1 Å². The number of hydrogen-bond acceptors (Lipinski definition) is 4. The maximum absolute atomic E-state index is 13.4. The fraction of sp³-hybridized carbons (Fsp3) is 0.364. The van der Waals surface area contributed by atoms with E-state index >= 15 is 0 Å². The molecule has 0 bridgehead atoms. The van der Waals surface area contributed by atoms with Crippen molar-refractivity contribution >= 4 is 29.0 Å². The van der Waals surface area contributed by atoms with Crippen LogP contribution in [0, 0.1) is 12.8 Å². The van der Waals surface area contributed by atoms with Gasteiger partial charge in [-0.15, -0.1) is 0 Å². The SMILES string of the molecule is COC(=O)C[C@H]1[C@H](C)C(C(F)(F)F)=NN1c1ccc(Cc2ccc(Cl)cc2C)cc1. The van der Waals surface area contributed by atoms with Gasteiger partial charge in [-0.1, -0.05) is 36.7 Å². The Labute approximate surface area is 178 Å². The molecule has 30 heavy (non-hydrogen) atoms. The second kappa shape index (κ2) is 8.68. The number of esters is 1. The first kappa shape index (κ1) is 22.2. The lowest BCUT2D eigenvalue weighted by Gasteiger charge is -2.25. The molecule has 0 fully saturated rings. The van der Waals surface area contributed by atoms with Gasteiger partial charge in [-0.25, -0.2) is 0 Å². The summed E-state index contributed by atoms with van der Waals surface area (Å²) in [6.45, 7) is 3.41. The average molecular weight is 439 g/mol. The largest absolute Gasteiger partial charge is 0.469 e. The Hall–Kier alpha value is -2.54. The number of carbonyl (C=O) groups is 1. The highest BCUT2D eigenvalue weighted by molar-refractivity contribution is 6.30. The first-order chi connectivity index (χ1) is 14.1. The summed E-state index contributed by atoms with van der Waals surface area (Å²) in [5.74, 6) is -1.54. The maximum Gasteiger partial charge on any atom is 0.431 e. The van der Waals surface area contributed by atoms with Gasteiger partial charge in [0.15, 0.2) is 0 Å². The molecular formula is C22H22ClF3N2O2. The number of anilines is 1. The van der Waals surface area contributed by atoms with E-state index in [4.69, 9.17) is 11.6 Å². The number of aryl methyl sites for hydroxylation is 1. The second-order valence-electron chi connectivity index (χ2n) is 7.38. The van der Waals surface area contributed by atoms with E-state index in [1.165, 1.54) is 19.0 Å². The number of carbonyl (C=O) groups excluding carboxylic acids is 1. The maximum atomic E-state index is 13.4. The molecule has 0 saturated heterocycles. The molecule has 160 valence electrons. The summed E-state index contributed by atoms with van der Waals surface area (Å²) in [6.07, 6.45) is -4.08. The molecule has 3 rings (SSSR count). The Bertz CT molecular complexity index is 958. The molecule has 0 unspecified atom stereocenters. The molecule has 0 spiro atoms. The molecule has 8 heteroatoms. The number of hydrazone groups is 1. The van der Waals surface area contributed by atoms with Crippen LogP contribution in [0.4, 0.5) is 18.9 Å². The summed E-state index contributed by atoms with van der Waals surface area (Å²) >= 11 is 6.00. The quantitative estimate of drug-likeness (QED) is 0.575. The van der Waals surface area contributed by atoms with Crippen LogP contribution in [0.5, 0.6) is 0 Å². The fourth-order valence-corrected chi connectivity index (χ4v) is 3.83. The van der Waals surface area contributed by atoms with Crippen LogP contribution in [-0.4, -0.2) is 31.0 Å². The van der Waals surface area contributed by atoms with Crippen LogP contribution >= 0.6 is 11.6 Å². The van der Waals surface area contributed by atoms with Crippen LogP contribution in [0.25, 0.3) is 0 Å². The third kappa shape index (κ3) is 4.78. The molecule has 2 aromatic carbocycles. The van der Waals surface area contributed by atoms with E-state index in [1.54, 1.807) is 12.1 Å². The number of alkyl halides is 3. The number of hydrogen-bond donors (Lipinski definition) is 0. The standard InChI is InChI=1S/C22H22ClF3N2O2/c1-13-10-17(23)7-6-16(13)11-15-4-8-18(9-5-15)28-19(12-20(29)30-3)14(2)21(27-28)22(24,25)26/h4-10,14,19H,11-12H2,1-3H3/t14-,19-/m0/s1. The minimum absolute atomic E-state index is 0.188. The minimum Gasteiger partial charge on any atom is -0.469 e. The number of ether oxygens (including phenoxy) is 1. The molecule has 1 aliphatic rings. The normalized spacial score (nSPS) is 19.0. The van der Waals surface area contributed by atoms with Gasteiger partial charge in [-0.3, -0.25) is 9.80 Å². The van der Waals surface area contributed by atoms with E-state index in [-0.39, 0.29) is 6.42 Å². The molecule has 0 N–H and O–H groups in total. The summed E-state index contributed by atoms with van der Waals surface area (Å²) in [7, 11) is 1.21. The summed E-state index contributed by atoms with van der Waals surface area (Å²) in [4.78, 5) is 11.8. The van der Waals surface area contributed by atoms with E-state index in [1.807, 2.05) is 37.3 Å². The monoisotopic (exact) mass is 438 g/mol. The molecule has 2 atom stereocenters. The lowest BCUT2D eigenvalue weighted by Crippen LogP contribution is -2.37. The molecule has 1 heterocycles. The van der Waals surface area contributed by atoms with Crippen molar-refractivity contribution in [1.82, 2.24) is 0 Å². The van der Waals surface area contributed by atoms with Crippen LogP contribution in [0.2, 0.25) is 5.02 Å². The average Bonchev–Trinajstić information content (AvgIpc) is 3.01. The zero-order valence-electron chi connectivity index (χ0n) is 16.8. The molecule has 2 aromatic rings. The zero-order valence-corrected chi connectivity index (χ0v) is 17.6. The van der Waals surface area contributed by atoms with Crippen molar-refractivity contribution in [2.24, 2.45) is 11.0 Å². The Morgan fingerprint density at radius 3 is 2.43 bits per heavy atom. The van der Waals surface area contributed by atoms with E-state index in [0.717, 1.165) is 16.7 Å². The first-order valence-electron chi connectivity index (χ1n) is 9.46. The smallest absolute Gasteiger partial charge is 0.431 e. The predicted octanol–water partition coefficient (Wildman–Crippen LogP) is 5.55. The van der Waals surface area contributed by atoms with Crippen molar-refractivity contribution in [3.8, 4) is 0 Å². The summed E-state index contributed by atoms with van der Waals surface area (Å²) in [5, 5.41) is 5.77. The van der Waals surface area contributed by atoms with Gasteiger partial charge < -0.3 is 4.74 Å². The van der Waals surface area contributed by atoms with Crippen LogP contribution in [0.15, 0.2) is 47.6 Å². The Kier molecular flexibility index (Phi) is 6.41. The molecule has 0 aromatic heterocycles. The van der Waals surface area contributed by atoms with Gasteiger partial charge in [-0.05, 0) is 54.3 Å². The predicted molar refractivity (Wildman–Crippen MR) is 111 cm³/mol. The third-order valence-corrected chi connectivity index (χ3v) is 5.57. The molecule has 0 saturated carbocycles. The van der Waals surface area contributed by atoms with Crippen molar-refractivity contribution in [2.45, 2.75) is 38.9 Å². The summed E-state index contributed by atoms with van der Waals surface area (Å²) in [6, 6.07) is 12.1. The van der Waals surface area contributed by atoms with Crippen molar-refractivity contribution in [3.63, 3.8) is 0 Å². The third-order valence-electron chi connectivity index (χ3n) is 5.33. The van der Waals surface area contributed by atoms with Gasteiger partial charge >= 0.3 is 12.1 Å². The second-order valence-corrected chi connectivity index (χ2v) is 7.81. The highest BCUT2D eigenvalue weighted by Crippen LogP contribution is 2.36. The summed E-state index contributed by atoms with van der Waals surface area (Å²) in [5.41, 5.74) is 2.78. The molecule has 0 aliphatic carbocycles. The number of methoxy groups -OCH3 is 1. The Balaban J connectivity index is 1.86. The number of halogens is 4. The van der Waals surface area contributed by atoms with Gasteiger partial charge in [0.05, 0.1) is 25.3 Å². The topological polar surface area (TPSA) is 41.9 Å². The van der Waals surface area contributed by atoms with Crippen LogP contribution in [0.1, 0.15) is 30.0 Å². The molecule has 4 nitrogen and oxygen atoms in total. The van der Waals surface area contributed by atoms with Crippen molar-refractivity contribution in [2.75, 3.05) is 12.1 Å². The van der Waals surface area contributed by atoms with Crippen molar-refractivity contribution in [3.05, 3.63) is 64.2 Å². The van der Waals surface area contributed by atoms with Gasteiger partial charge in [0.25, 0.3) is 0 Å². The summed E-state index contributed by atoms with van der Waals surface area (Å²) < 4.78 is 44.8. The van der Waals surface area contributed by atoms with Crippen LogP contribution < -0.4 is 5.01 Å².